The van der Waals surface area contributed by atoms with Gasteiger partial charge in [-0.2, -0.15) is 0 Å². The molecule has 114 valence electrons. The van der Waals surface area contributed by atoms with Crippen molar-refractivity contribution in [2.24, 2.45) is 34.8 Å². The summed E-state index contributed by atoms with van der Waals surface area (Å²) in [6.07, 6.45) is 13.3. The van der Waals surface area contributed by atoms with Crippen molar-refractivity contribution in [1.29, 1.82) is 0 Å². The Morgan fingerprint density at radius 1 is 1.05 bits per heavy atom. The van der Waals surface area contributed by atoms with Crippen LogP contribution < -0.4 is 5.73 Å². The normalized spacial score (nSPS) is 44.9. The van der Waals surface area contributed by atoms with Crippen LogP contribution in [0.25, 0.3) is 0 Å². The summed E-state index contributed by atoms with van der Waals surface area (Å²) in [5.74, 6) is 4.07. The number of likely N-dealkylation sites (N-methyl/N-ethyl adjacent to an activating group) is 1. The molecule has 1 atom stereocenters. The van der Waals surface area contributed by atoms with E-state index in [4.69, 9.17) is 5.73 Å². The average Bonchev–Trinajstić information content (AvgIpc) is 2.32. The summed E-state index contributed by atoms with van der Waals surface area (Å²) in [5, 5.41) is 0. The fourth-order valence-corrected chi connectivity index (χ4v) is 6.35. The van der Waals surface area contributed by atoms with E-state index >= 15 is 0 Å². The second-order valence-corrected chi connectivity index (χ2v) is 8.90. The second-order valence-electron chi connectivity index (χ2n) is 8.90. The molecule has 5 rings (SSSR count). The second kappa shape index (κ2) is 4.98. The minimum Gasteiger partial charge on any atom is -0.326 e. The van der Waals surface area contributed by atoms with Crippen molar-refractivity contribution >= 4 is 0 Å². The maximum Gasteiger partial charge on any atom is 0.0225 e. The van der Waals surface area contributed by atoms with E-state index in [2.05, 4.69) is 11.9 Å². The highest BCUT2D eigenvalue weighted by atomic mass is 15.1. The van der Waals surface area contributed by atoms with Gasteiger partial charge in [0.15, 0.2) is 0 Å². The van der Waals surface area contributed by atoms with Gasteiger partial charge in [-0.25, -0.2) is 0 Å². The molecule has 4 bridgehead atoms. The third kappa shape index (κ3) is 2.33. The summed E-state index contributed by atoms with van der Waals surface area (Å²) < 4.78 is 0. The molecule has 1 unspecified atom stereocenters. The SMILES string of the molecule is CN(CC1CCC1)CC(N)C12CC3CC(CC(C3)C1)C2. The smallest absolute Gasteiger partial charge is 0.0225 e. The van der Waals surface area contributed by atoms with E-state index in [0.29, 0.717) is 11.5 Å². The maximum absolute atomic E-state index is 6.77. The van der Waals surface area contributed by atoms with E-state index < -0.39 is 0 Å². The molecule has 5 aliphatic rings. The topological polar surface area (TPSA) is 29.3 Å². The Hall–Kier alpha value is -0.0800. The van der Waals surface area contributed by atoms with Crippen LogP contribution >= 0.6 is 0 Å². The molecular formula is C18H32N2. The monoisotopic (exact) mass is 276 g/mol. The van der Waals surface area contributed by atoms with Crippen LogP contribution in [0.3, 0.4) is 0 Å². The summed E-state index contributed by atoms with van der Waals surface area (Å²) in [6, 6.07) is 0.431. The van der Waals surface area contributed by atoms with Gasteiger partial charge in [-0.15, -0.1) is 0 Å². The highest BCUT2D eigenvalue weighted by Gasteiger charge is 2.53. The summed E-state index contributed by atoms with van der Waals surface area (Å²) in [7, 11) is 2.30. The Morgan fingerprint density at radius 3 is 2.05 bits per heavy atom. The lowest BCUT2D eigenvalue weighted by Crippen LogP contribution is -2.57. The molecule has 0 amide bonds. The molecule has 0 radical (unpaired) electrons. The zero-order chi connectivity index (χ0) is 13.7. The number of hydrogen-bond acceptors (Lipinski definition) is 2. The van der Waals surface area contributed by atoms with Crippen LogP contribution in [0.5, 0.6) is 0 Å². The lowest BCUT2D eigenvalue weighted by molar-refractivity contribution is -0.0712. The van der Waals surface area contributed by atoms with Crippen LogP contribution in [-0.4, -0.2) is 31.1 Å². The Labute approximate surface area is 124 Å². The summed E-state index contributed by atoms with van der Waals surface area (Å²) in [4.78, 5) is 2.55. The van der Waals surface area contributed by atoms with Gasteiger partial charge in [0, 0.05) is 19.1 Å². The van der Waals surface area contributed by atoms with Gasteiger partial charge in [0.05, 0.1) is 0 Å². The van der Waals surface area contributed by atoms with Gasteiger partial charge in [0.1, 0.15) is 0 Å². The zero-order valence-corrected chi connectivity index (χ0v) is 13.2. The van der Waals surface area contributed by atoms with Crippen LogP contribution in [-0.2, 0) is 0 Å². The minimum atomic E-state index is 0.431. The van der Waals surface area contributed by atoms with Crippen LogP contribution in [0.4, 0.5) is 0 Å². The summed E-state index contributed by atoms with van der Waals surface area (Å²) >= 11 is 0. The minimum absolute atomic E-state index is 0.431. The molecule has 0 aliphatic heterocycles. The van der Waals surface area contributed by atoms with E-state index in [1.54, 1.807) is 0 Å². The highest BCUT2D eigenvalue weighted by Crippen LogP contribution is 2.61. The van der Waals surface area contributed by atoms with Gasteiger partial charge >= 0.3 is 0 Å². The van der Waals surface area contributed by atoms with Crippen LogP contribution in [0.1, 0.15) is 57.8 Å². The first-order valence-corrected chi connectivity index (χ1v) is 9.07. The largest absolute Gasteiger partial charge is 0.326 e. The lowest BCUT2D eigenvalue weighted by atomic mass is 9.48. The zero-order valence-electron chi connectivity index (χ0n) is 13.2. The average molecular weight is 276 g/mol. The quantitative estimate of drug-likeness (QED) is 0.835. The fraction of sp³-hybridized carbons (Fsp3) is 1.00. The Kier molecular flexibility index (Phi) is 3.38. The molecule has 0 aromatic carbocycles. The number of nitrogens with zero attached hydrogens (tertiary/aromatic N) is 1. The third-order valence-corrected chi connectivity index (χ3v) is 7.18. The predicted octanol–water partition coefficient (Wildman–Crippen LogP) is 3.26. The van der Waals surface area contributed by atoms with Crippen molar-refractivity contribution in [1.82, 2.24) is 4.90 Å². The van der Waals surface area contributed by atoms with Crippen molar-refractivity contribution < 1.29 is 0 Å². The summed E-state index contributed by atoms with van der Waals surface area (Å²) in [6.45, 7) is 2.43. The van der Waals surface area contributed by atoms with Crippen LogP contribution in [0.2, 0.25) is 0 Å². The molecule has 2 nitrogen and oxygen atoms in total. The molecule has 0 aromatic rings. The molecule has 5 fully saturated rings. The summed E-state index contributed by atoms with van der Waals surface area (Å²) in [5.41, 5.74) is 7.30. The first kappa shape index (κ1) is 13.6. The molecule has 0 spiro atoms. The van der Waals surface area contributed by atoms with E-state index in [-0.39, 0.29) is 0 Å². The van der Waals surface area contributed by atoms with Crippen molar-refractivity contribution in [2.75, 3.05) is 20.1 Å². The molecule has 2 N–H and O–H groups in total. The first-order chi connectivity index (χ1) is 9.63. The van der Waals surface area contributed by atoms with Crippen LogP contribution in [0, 0.1) is 29.1 Å². The van der Waals surface area contributed by atoms with Gasteiger partial charge in [-0.3, -0.25) is 0 Å². The number of rotatable bonds is 5. The third-order valence-electron chi connectivity index (χ3n) is 7.18. The number of nitrogens with two attached hydrogens (primary N) is 1. The molecule has 5 aliphatic carbocycles. The van der Waals surface area contributed by atoms with E-state index in [0.717, 1.165) is 30.2 Å². The molecule has 20 heavy (non-hydrogen) atoms. The van der Waals surface area contributed by atoms with Crippen molar-refractivity contribution in [3.63, 3.8) is 0 Å². The van der Waals surface area contributed by atoms with E-state index in [1.165, 1.54) is 64.3 Å². The lowest BCUT2D eigenvalue weighted by Gasteiger charge is -2.59. The Bertz CT molecular complexity index is 325. The maximum atomic E-state index is 6.77. The first-order valence-electron chi connectivity index (χ1n) is 9.07. The van der Waals surface area contributed by atoms with Crippen molar-refractivity contribution in [2.45, 2.75) is 63.8 Å². The standard InChI is InChI=1S/C18H32N2/c1-20(11-13-3-2-4-13)12-17(19)18-8-14-5-15(9-18)7-16(6-14)10-18/h13-17H,2-12,19H2,1H3. The molecular weight excluding hydrogens is 244 g/mol. The van der Waals surface area contributed by atoms with Gasteiger partial charge in [0.25, 0.3) is 0 Å². The molecule has 0 heterocycles. The van der Waals surface area contributed by atoms with Gasteiger partial charge in [0.2, 0.25) is 0 Å². The van der Waals surface area contributed by atoms with E-state index in [1.807, 2.05) is 0 Å². The molecule has 5 saturated carbocycles. The molecule has 2 heteroatoms. The highest BCUT2D eigenvalue weighted by molar-refractivity contribution is 5.06. The van der Waals surface area contributed by atoms with E-state index in [9.17, 15) is 0 Å². The fourth-order valence-electron chi connectivity index (χ4n) is 6.35. The van der Waals surface area contributed by atoms with Crippen LogP contribution in [0.15, 0.2) is 0 Å². The Balaban J connectivity index is 1.38. The Morgan fingerprint density at radius 2 is 1.60 bits per heavy atom. The van der Waals surface area contributed by atoms with Gasteiger partial charge in [-0.1, -0.05) is 6.42 Å². The number of hydrogen-bond donors (Lipinski definition) is 1. The predicted molar refractivity (Wildman–Crippen MR) is 83.4 cm³/mol. The van der Waals surface area contributed by atoms with Gasteiger partial charge < -0.3 is 10.6 Å². The van der Waals surface area contributed by atoms with Crippen molar-refractivity contribution in [3.05, 3.63) is 0 Å². The molecule has 0 aromatic heterocycles. The molecule has 0 saturated heterocycles. The van der Waals surface area contributed by atoms with Gasteiger partial charge in [-0.05, 0) is 87.5 Å². The van der Waals surface area contributed by atoms with Crippen molar-refractivity contribution in [3.8, 4) is 0 Å².